The van der Waals surface area contributed by atoms with Crippen molar-refractivity contribution >= 4 is 9.73 Å². The molecule has 0 amide bonds. The Hall–Kier alpha value is -0.0900. The van der Waals surface area contributed by atoms with Crippen LogP contribution in [-0.4, -0.2) is 29.3 Å². The maximum absolute atomic E-state index is 11.1. The zero-order chi connectivity index (χ0) is 7.61. The summed E-state index contributed by atoms with van der Waals surface area (Å²) in [6, 6.07) is 0. The first-order valence-corrected chi connectivity index (χ1v) is 5.42. The van der Waals surface area contributed by atoms with Gasteiger partial charge in [0.25, 0.3) is 0 Å². The molecule has 0 radical (unpaired) electrons. The predicted octanol–water partition coefficient (Wildman–Crippen LogP) is 0.272. The molecule has 1 heterocycles. The van der Waals surface area contributed by atoms with E-state index in [2.05, 4.69) is 5.32 Å². The third-order valence-electron chi connectivity index (χ3n) is 1.85. The van der Waals surface area contributed by atoms with Gasteiger partial charge in [-0.1, -0.05) is 0 Å². The number of hydrogen-bond donors (Lipinski definition) is 2. The topological polar surface area (TPSA) is 53.0 Å². The fourth-order valence-electron chi connectivity index (χ4n) is 1.35. The van der Waals surface area contributed by atoms with Crippen molar-refractivity contribution in [2.24, 2.45) is 5.92 Å². The van der Waals surface area contributed by atoms with Gasteiger partial charge in [0.1, 0.15) is 0 Å². The van der Waals surface area contributed by atoms with Crippen molar-refractivity contribution < 1.29 is 4.21 Å². The normalized spacial score (nSPS) is 40.3. The van der Waals surface area contributed by atoms with Gasteiger partial charge in [0.15, 0.2) is 0 Å². The van der Waals surface area contributed by atoms with E-state index in [0.29, 0.717) is 17.4 Å². The van der Waals surface area contributed by atoms with Gasteiger partial charge in [-0.05, 0) is 25.9 Å². The predicted molar refractivity (Wildman–Crippen MR) is 42.6 cm³/mol. The Balaban J connectivity index is 2.44. The minimum atomic E-state index is -2.16. The molecule has 0 spiro atoms. The van der Waals surface area contributed by atoms with Gasteiger partial charge >= 0.3 is 0 Å². The summed E-state index contributed by atoms with van der Waals surface area (Å²) in [4.78, 5) is 0. The summed E-state index contributed by atoms with van der Waals surface area (Å²) in [5.74, 6) is 1.70. The molecule has 2 unspecified atom stereocenters. The molecule has 0 aromatic carbocycles. The Bertz CT molecular complexity index is 198. The van der Waals surface area contributed by atoms with Crippen LogP contribution >= 0.6 is 0 Å². The lowest BCUT2D eigenvalue weighted by molar-refractivity contribution is 0.556. The van der Waals surface area contributed by atoms with Crippen molar-refractivity contribution in [3.8, 4) is 0 Å². The Morgan fingerprint density at radius 1 is 1.80 bits per heavy atom. The van der Waals surface area contributed by atoms with E-state index in [4.69, 9.17) is 4.78 Å². The van der Waals surface area contributed by atoms with Crippen LogP contribution in [0.25, 0.3) is 0 Å². The Labute approximate surface area is 62.2 Å². The average Bonchev–Trinajstić information content (AvgIpc) is 2.12. The molecule has 0 saturated carbocycles. The summed E-state index contributed by atoms with van der Waals surface area (Å²) >= 11 is 0. The van der Waals surface area contributed by atoms with Gasteiger partial charge in [0.2, 0.25) is 0 Å². The van der Waals surface area contributed by atoms with E-state index in [-0.39, 0.29) is 0 Å². The molecule has 10 heavy (non-hydrogen) atoms. The summed E-state index contributed by atoms with van der Waals surface area (Å²) in [6.07, 6.45) is 0.961. The lowest BCUT2D eigenvalue weighted by Crippen LogP contribution is -2.19. The lowest BCUT2D eigenvalue weighted by Gasteiger charge is -2.04. The first kappa shape index (κ1) is 8.01. The van der Waals surface area contributed by atoms with Crippen LogP contribution in [0.3, 0.4) is 0 Å². The van der Waals surface area contributed by atoms with Gasteiger partial charge in [-0.25, -0.2) is 4.21 Å². The summed E-state index contributed by atoms with van der Waals surface area (Å²) in [5, 5.41) is 3.04. The SMILES string of the molecule is CNCC1CCS(=N)(=O)C1. The van der Waals surface area contributed by atoms with Gasteiger partial charge in [-0.15, -0.1) is 0 Å². The van der Waals surface area contributed by atoms with Crippen LogP contribution < -0.4 is 5.32 Å². The van der Waals surface area contributed by atoms with Crippen molar-refractivity contribution in [1.29, 1.82) is 4.78 Å². The van der Waals surface area contributed by atoms with Gasteiger partial charge in [-0.2, -0.15) is 0 Å². The zero-order valence-electron chi connectivity index (χ0n) is 6.22. The Kier molecular flexibility index (Phi) is 2.31. The third-order valence-corrected chi connectivity index (χ3v) is 3.76. The maximum Gasteiger partial charge on any atom is 0.0444 e. The standard InChI is InChI=1S/C6H14N2OS/c1-8-4-6-2-3-10(7,9)5-6/h6-8H,2-5H2,1H3. The monoisotopic (exact) mass is 162 g/mol. The summed E-state index contributed by atoms with van der Waals surface area (Å²) in [5.41, 5.74) is 0. The maximum atomic E-state index is 11.1. The third kappa shape index (κ3) is 1.95. The molecule has 2 atom stereocenters. The number of nitrogens with one attached hydrogen (secondary N) is 2. The van der Waals surface area contributed by atoms with Crippen LogP contribution in [0, 0.1) is 10.7 Å². The summed E-state index contributed by atoms with van der Waals surface area (Å²) < 4.78 is 18.4. The van der Waals surface area contributed by atoms with E-state index in [1.165, 1.54) is 0 Å². The van der Waals surface area contributed by atoms with Gasteiger partial charge in [-0.3, -0.25) is 4.78 Å². The molecule has 1 aliphatic heterocycles. The van der Waals surface area contributed by atoms with Crippen LogP contribution in [-0.2, 0) is 9.73 Å². The first-order chi connectivity index (χ1) is 4.64. The first-order valence-electron chi connectivity index (χ1n) is 3.53. The largest absolute Gasteiger partial charge is 0.319 e. The molecular formula is C6H14N2OS. The summed E-state index contributed by atoms with van der Waals surface area (Å²) in [6.45, 7) is 0.913. The van der Waals surface area contributed by atoms with E-state index in [0.717, 1.165) is 13.0 Å². The Morgan fingerprint density at radius 2 is 2.50 bits per heavy atom. The van der Waals surface area contributed by atoms with E-state index >= 15 is 0 Å². The molecule has 60 valence electrons. The Morgan fingerprint density at radius 3 is 2.90 bits per heavy atom. The van der Waals surface area contributed by atoms with Crippen molar-refractivity contribution in [2.75, 3.05) is 25.1 Å². The molecular weight excluding hydrogens is 148 g/mol. The van der Waals surface area contributed by atoms with Gasteiger partial charge in [0.05, 0.1) is 0 Å². The minimum Gasteiger partial charge on any atom is -0.319 e. The molecule has 1 saturated heterocycles. The van der Waals surface area contributed by atoms with Crippen LogP contribution in [0.4, 0.5) is 0 Å². The van der Waals surface area contributed by atoms with Crippen molar-refractivity contribution in [3.63, 3.8) is 0 Å². The molecule has 1 rings (SSSR count). The molecule has 0 bridgehead atoms. The quantitative estimate of drug-likeness (QED) is 0.612. The van der Waals surface area contributed by atoms with Crippen molar-refractivity contribution in [3.05, 3.63) is 0 Å². The smallest absolute Gasteiger partial charge is 0.0444 e. The molecule has 1 aliphatic rings. The number of hydrogen-bond acceptors (Lipinski definition) is 3. The van der Waals surface area contributed by atoms with Crippen molar-refractivity contribution in [1.82, 2.24) is 5.32 Å². The highest BCUT2D eigenvalue weighted by molar-refractivity contribution is 7.92. The molecule has 0 aromatic heterocycles. The fourth-order valence-corrected chi connectivity index (χ4v) is 3.28. The lowest BCUT2D eigenvalue weighted by atomic mass is 10.1. The minimum absolute atomic E-state index is 0.481. The fraction of sp³-hybridized carbons (Fsp3) is 1.00. The molecule has 0 aromatic rings. The molecule has 4 heteroatoms. The van der Waals surface area contributed by atoms with Crippen LogP contribution in [0.5, 0.6) is 0 Å². The van der Waals surface area contributed by atoms with Gasteiger partial charge < -0.3 is 5.32 Å². The second-order valence-electron chi connectivity index (χ2n) is 2.90. The van der Waals surface area contributed by atoms with E-state index < -0.39 is 9.73 Å². The van der Waals surface area contributed by atoms with Gasteiger partial charge in [0, 0.05) is 21.2 Å². The van der Waals surface area contributed by atoms with E-state index in [9.17, 15) is 4.21 Å². The number of rotatable bonds is 2. The molecule has 1 fully saturated rings. The average molecular weight is 162 g/mol. The van der Waals surface area contributed by atoms with Crippen LogP contribution in [0.15, 0.2) is 0 Å². The van der Waals surface area contributed by atoms with E-state index in [1.54, 1.807) is 0 Å². The highest BCUT2D eigenvalue weighted by Crippen LogP contribution is 2.17. The summed E-state index contributed by atoms with van der Waals surface area (Å²) in [7, 11) is -0.265. The van der Waals surface area contributed by atoms with Crippen LogP contribution in [0.1, 0.15) is 6.42 Å². The highest BCUT2D eigenvalue weighted by atomic mass is 32.2. The zero-order valence-corrected chi connectivity index (χ0v) is 7.04. The van der Waals surface area contributed by atoms with Crippen molar-refractivity contribution in [2.45, 2.75) is 6.42 Å². The molecule has 0 aliphatic carbocycles. The molecule has 3 nitrogen and oxygen atoms in total. The highest BCUT2D eigenvalue weighted by Gasteiger charge is 2.23. The second-order valence-corrected chi connectivity index (χ2v) is 5.26. The van der Waals surface area contributed by atoms with E-state index in [1.807, 2.05) is 7.05 Å². The molecule has 2 N–H and O–H groups in total. The second kappa shape index (κ2) is 2.88. The van der Waals surface area contributed by atoms with Crippen LogP contribution in [0.2, 0.25) is 0 Å².